The van der Waals surface area contributed by atoms with Gasteiger partial charge in [-0.1, -0.05) is 20.8 Å². The van der Waals surface area contributed by atoms with E-state index in [4.69, 9.17) is 23.7 Å². The Morgan fingerprint density at radius 1 is 0.683 bits per heavy atom. The maximum absolute atomic E-state index is 12.5. The average Bonchev–Trinajstić information content (AvgIpc) is 3.80. The third kappa shape index (κ3) is 8.06. The van der Waals surface area contributed by atoms with Crippen molar-refractivity contribution in [1.82, 2.24) is 0 Å². The Hall–Kier alpha value is -2.69. The summed E-state index contributed by atoms with van der Waals surface area (Å²) in [6.45, 7) is 19.8. The molecule has 1 N–H and O–H groups in total. The van der Waals surface area contributed by atoms with Crippen LogP contribution in [0, 0.1) is 75.4 Å². The molecule has 11 aliphatic rings. The summed E-state index contributed by atoms with van der Waals surface area (Å²) in [6.07, 6.45) is 14.3. The van der Waals surface area contributed by atoms with Gasteiger partial charge in [0, 0.05) is 18.3 Å². The fourth-order valence-corrected chi connectivity index (χ4v) is 13.5. The van der Waals surface area contributed by atoms with E-state index >= 15 is 0 Å². The van der Waals surface area contributed by atoms with Crippen LogP contribution in [0.25, 0.3) is 0 Å². The van der Waals surface area contributed by atoms with Crippen LogP contribution >= 0.6 is 0 Å². The highest BCUT2D eigenvalue weighted by atomic mass is 16.6. The second-order valence-electron chi connectivity index (χ2n) is 23.3. The molecule has 11 rings (SSSR count). The first-order valence-corrected chi connectivity index (χ1v) is 23.6. The van der Waals surface area contributed by atoms with Crippen molar-refractivity contribution in [3.63, 3.8) is 0 Å². The number of carbonyl (C=O) groups is 5. The SMILES string of the molecule is CCC(C)(C)C(=O)OC1(C)C2CC3CC(C2)CC1C3.CCC(C)(C)C(=O)OC12CC3CC(CC(O)(C3)C1)C2.CCC(C)(C)C(=O)OC1C2CC3C1OC(=O)C3C2C(=O)OC. The first-order chi connectivity index (χ1) is 27.9. The van der Waals surface area contributed by atoms with E-state index < -0.39 is 46.4 Å². The number of rotatable bonds is 10. The summed E-state index contributed by atoms with van der Waals surface area (Å²) in [7, 11) is 1.31. The summed E-state index contributed by atoms with van der Waals surface area (Å²) >= 11 is 0. The van der Waals surface area contributed by atoms with Crippen molar-refractivity contribution in [2.24, 2.45) is 75.4 Å². The molecular weight excluding hydrogens is 765 g/mol. The van der Waals surface area contributed by atoms with Crippen LogP contribution in [0.3, 0.4) is 0 Å². The van der Waals surface area contributed by atoms with Crippen LogP contribution in [0.15, 0.2) is 0 Å². The minimum Gasteiger partial charge on any atom is -0.469 e. The van der Waals surface area contributed by atoms with Gasteiger partial charge in [-0.25, -0.2) is 0 Å². The third-order valence-corrected chi connectivity index (χ3v) is 17.9. The Labute approximate surface area is 358 Å². The number of esters is 5. The topological polar surface area (TPSA) is 152 Å². The number of hydrogen-bond donors (Lipinski definition) is 1. The number of aliphatic hydroxyl groups is 1. The monoisotopic (exact) mass is 841 g/mol. The van der Waals surface area contributed by atoms with E-state index in [1.807, 2.05) is 55.4 Å². The first kappa shape index (κ1) is 45.3. The number of ether oxygens (including phenoxy) is 5. The van der Waals surface area contributed by atoms with Crippen LogP contribution in [0.5, 0.6) is 0 Å². The molecule has 0 aromatic heterocycles. The molecule has 0 aromatic rings. The molecule has 8 atom stereocenters. The summed E-state index contributed by atoms with van der Waals surface area (Å²) in [5.74, 6) is 1.86. The van der Waals surface area contributed by atoms with Crippen LogP contribution in [-0.2, 0) is 47.7 Å². The minimum atomic E-state index is -0.593. The van der Waals surface area contributed by atoms with Gasteiger partial charge in [0.1, 0.15) is 23.4 Å². The number of hydrogen-bond acceptors (Lipinski definition) is 11. The molecule has 338 valence electrons. The van der Waals surface area contributed by atoms with Gasteiger partial charge in [-0.15, -0.1) is 0 Å². The Morgan fingerprint density at radius 2 is 1.17 bits per heavy atom. The van der Waals surface area contributed by atoms with Gasteiger partial charge >= 0.3 is 29.8 Å². The van der Waals surface area contributed by atoms with Gasteiger partial charge in [0.05, 0.1) is 40.8 Å². The molecule has 1 heterocycles. The summed E-state index contributed by atoms with van der Waals surface area (Å²) in [5, 5.41) is 10.6. The second-order valence-corrected chi connectivity index (χ2v) is 23.3. The van der Waals surface area contributed by atoms with Crippen molar-refractivity contribution in [2.45, 2.75) is 195 Å². The predicted octanol–water partition coefficient (Wildman–Crippen LogP) is 8.55. The van der Waals surface area contributed by atoms with Gasteiger partial charge in [-0.2, -0.15) is 0 Å². The van der Waals surface area contributed by atoms with Crippen molar-refractivity contribution < 1.29 is 52.8 Å². The zero-order valence-corrected chi connectivity index (χ0v) is 38.6. The van der Waals surface area contributed by atoms with Crippen LogP contribution in [0.2, 0.25) is 0 Å². The summed E-state index contributed by atoms with van der Waals surface area (Å²) < 4.78 is 28.0. The van der Waals surface area contributed by atoms with Gasteiger partial charge in [0.2, 0.25) is 0 Å². The predicted molar refractivity (Wildman–Crippen MR) is 223 cm³/mol. The van der Waals surface area contributed by atoms with E-state index in [1.54, 1.807) is 0 Å². The van der Waals surface area contributed by atoms with Crippen LogP contribution in [0.4, 0.5) is 0 Å². The molecule has 0 amide bonds. The fourth-order valence-electron chi connectivity index (χ4n) is 13.5. The van der Waals surface area contributed by atoms with Crippen molar-refractivity contribution in [3.8, 4) is 0 Å². The highest BCUT2D eigenvalue weighted by Crippen LogP contribution is 2.62. The second kappa shape index (κ2) is 15.8. The van der Waals surface area contributed by atoms with E-state index in [9.17, 15) is 29.1 Å². The molecule has 1 aliphatic heterocycles. The molecule has 10 bridgehead atoms. The molecule has 8 unspecified atom stereocenters. The van der Waals surface area contributed by atoms with Crippen LogP contribution in [-0.4, -0.2) is 71.1 Å². The molecule has 10 saturated carbocycles. The zero-order chi connectivity index (χ0) is 44.0. The van der Waals surface area contributed by atoms with E-state index in [1.165, 1.54) is 45.6 Å². The highest BCUT2D eigenvalue weighted by molar-refractivity contribution is 5.86. The Morgan fingerprint density at radius 3 is 1.65 bits per heavy atom. The maximum atomic E-state index is 12.5. The lowest BCUT2D eigenvalue weighted by Crippen LogP contribution is -2.61. The van der Waals surface area contributed by atoms with Crippen molar-refractivity contribution in [3.05, 3.63) is 0 Å². The fraction of sp³-hybridized carbons (Fsp3) is 0.898. The molecule has 0 aromatic carbocycles. The lowest BCUT2D eigenvalue weighted by atomic mass is 9.50. The molecule has 11 fully saturated rings. The average molecular weight is 841 g/mol. The summed E-state index contributed by atoms with van der Waals surface area (Å²) in [6, 6.07) is 0. The molecule has 10 aliphatic carbocycles. The number of carbonyl (C=O) groups excluding carboxylic acids is 5. The van der Waals surface area contributed by atoms with Gasteiger partial charge in [0.15, 0.2) is 0 Å². The summed E-state index contributed by atoms with van der Waals surface area (Å²) in [4.78, 5) is 61.3. The molecule has 1 saturated heterocycles. The lowest BCUT2D eigenvalue weighted by Gasteiger charge is -2.59. The molecular formula is C49H76O11. The molecule has 60 heavy (non-hydrogen) atoms. The van der Waals surface area contributed by atoms with Gasteiger partial charge in [-0.05, 0) is 174 Å². The Kier molecular flexibility index (Phi) is 12.0. The smallest absolute Gasteiger partial charge is 0.312 e. The van der Waals surface area contributed by atoms with Gasteiger partial charge in [-0.3, -0.25) is 24.0 Å². The molecule has 0 spiro atoms. The van der Waals surface area contributed by atoms with E-state index in [0.717, 1.165) is 50.4 Å². The standard InChI is InChI=1S/C17H28O2.C16H22O6.C16H26O3/c1-5-16(2,3)15(18)19-17(4)13-7-11-6-12(9-13)10-14(17)8-11;1-5-16(2,3)15(19)22-12-7-6-8-10(9(7)13(17)20-4)14(18)21-11(8)12;1-4-14(2,3)13(17)19-16-8-11-5-12(9-16)7-15(18,6-11)10-16/h11-14H,5-10H2,1-4H3;7-12H,5-6H2,1-4H3;11-12,18H,4-10H2,1-3H3. The van der Waals surface area contributed by atoms with Gasteiger partial charge in [0.25, 0.3) is 0 Å². The van der Waals surface area contributed by atoms with Crippen LogP contribution < -0.4 is 0 Å². The minimum absolute atomic E-state index is 0.0185. The molecule has 0 radical (unpaired) electrons. The lowest BCUT2D eigenvalue weighted by molar-refractivity contribution is -0.225. The quantitative estimate of drug-likeness (QED) is 0.166. The Balaban J connectivity index is 0.000000137. The van der Waals surface area contributed by atoms with E-state index in [-0.39, 0.29) is 52.3 Å². The van der Waals surface area contributed by atoms with Crippen molar-refractivity contribution in [1.29, 1.82) is 0 Å². The zero-order valence-electron chi connectivity index (χ0n) is 38.6. The van der Waals surface area contributed by atoms with Crippen LogP contribution in [0.1, 0.15) is 166 Å². The highest BCUT2D eigenvalue weighted by Gasteiger charge is 2.70. The number of methoxy groups -OCH3 is 1. The van der Waals surface area contributed by atoms with Crippen molar-refractivity contribution in [2.75, 3.05) is 7.11 Å². The van der Waals surface area contributed by atoms with Crippen molar-refractivity contribution >= 4 is 29.8 Å². The van der Waals surface area contributed by atoms with E-state index in [2.05, 4.69) is 13.8 Å². The normalized spacial score (nSPS) is 42.4. The Bertz CT molecular complexity index is 1650. The molecule has 11 heteroatoms. The van der Waals surface area contributed by atoms with Gasteiger partial charge < -0.3 is 28.8 Å². The third-order valence-electron chi connectivity index (χ3n) is 17.9. The molecule has 11 nitrogen and oxygen atoms in total. The van der Waals surface area contributed by atoms with E-state index in [0.29, 0.717) is 42.9 Å². The number of fused-ring (bicyclic) bond motifs is 1. The maximum Gasteiger partial charge on any atom is 0.312 e. The largest absolute Gasteiger partial charge is 0.469 e. The summed E-state index contributed by atoms with van der Waals surface area (Å²) in [5.41, 5.74) is -2.42. The first-order valence-electron chi connectivity index (χ1n) is 23.6.